The van der Waals surface area contributed by atoms with Crippen LogP contribution in [0.25, 0.3) is 10.7 Å². The van der Waals surface area contributed by atoms with Gasteiger partial charge in [-0.1, -0.05) is 0 Å². The summed E-state index contributed by atoms with van der Waals surface area (Å²) >= 11 is 2.56. The molecule has 0 fully saturated rings. The number of aromatic nitrogens is 2. The second-order valence-electron chi connectivity index (χ2n) is 4.45. The van der Waals surface area contributed by atoms with Gasteiger partial charge in [0.15, 0.2) is 0 Å². The normalized spacial score (nSPS) is 12.5. The lowest BCUT2D eigenvalue weighted by Crippen LogP contribution is -2.48. The van der Waals surface area contributed by atoms with Crippen LogP contribution in [-0.4, -0.2) is 49.0 Å². The minimum absolute atomic E-state index is 0.0889. The summed E-state index contributed by atoms with van der Waals surface area (Å²) in [5.74, 6) is -0.949. The van der Waals surface area contributed by atoms with E-state index in [1.54, 1.807) is 5.38 Å². The molecule has 13 heteroatoms. The van der Waals surface area contributed by atoms with Crippen molar-refractivity contribution in [3.63, 3.8) is 0 Å². The van der Waals surface area contributed by atoms with E-state index < -0.39 is 26.0 Å². The molecular formula is C10H12N4O5S4. The topological polar surface area (TPSA) is 126 Å². The van der Waals surface area contributed by atoms with E-state index in [1.807, 2.05) is 12.3 Å². The molecule has 0 saturated heterocycles. The number of hydrogen-bond donors (Lipinski definition) is 1. The molecule has 9 nitrogen and oxygen atoms in total. The summed E-state index contributed by atoms with van der Waals surface area (Å²) in [5.41, 5.74) is 2.32. The number of nitrogens with zero attached hydrogens (tertiary/aromatic N) is 3. The first-order valence-electron chi connectivity index (χ1n) is 5.88. The zero-order chi connectivity index (χ0) is 17.4. The number of carbonyl (C=O) groups is 1. The van der Waals surface area contributed by atoms with Gasteiger partial charge in [0.1, 0.15) is 16.4 Å². The van der Waals surface area contributed by atoms with Crippen LogP contribution in [0.4, 0.5) is 0 Å². The monoisotopic (exact) mass is 396 g/mol. The molecule has 0 aromatic carbocycles. The average molecular weight is 396 g/mol. The molecule has 0 saturated carbocycles. The first-order chi connectivity index (χ1) is 10.5. The van der Waals surface area contributed by atoms with Gasteiger partial charge in [-0.05, 0) is 10.7 Å². The van der Waals surface area contributed by atoms with Crippen molar-refractivity contribution in [1.29, 1.82) is 0 Å². The smallest absolute Gasteiger partial charge is 0.266 e. The van der Waals surface area contributed by atoms with Crippen LogP contribution in [0.3, 0.4) is 0 Å². The van der Waals surface area contributed by atoms with Crippen molar-refractivity contribution in [3.8, 4) is 10.7 Å². The third-order valence-electron chi connectivity index (χ3n) is 2.37. The maximum absolute atomic E-state index is 12.0. The maximum atomic E-state index is 12.0. The number of amides is 1. The predicted octanol–water partition coefficient (Wildman–Crippen LogP) is 0.441. The highest BCUT2D eigenvalue weighted by Crippen LogP contribution is 2.25. The lowest BCUT2D eigenvalue weighted by molar-refractivity contribution is 0.0911. The van der Waals surface area contributed by atoms with Gasteiger partial charge in [-0.15, -0.1) is 22.7 Å². The van der Waals surface area contributed by atoms with E-state index in [2.05, 4.69) is 9.97 Å². The summed E-state index contributed by atoms with van der Waals surface area (Å²) in [4.78, 5) is 20.3. The average Bonchev–Trinajstić information content (AvgIpc) is 3.01. The highest BCUT2D eigenvalue weighted by atomic mass is 32.3. The molecule has 23 heavy (non-hydrogen) atoms. The minimum atomic E-state index is -4.19. The van der Waals surface area contributed by atoms with Crippen LogP contribution in [0.15, 0.2) is 10.8 Å². The number of rotatable bonds is 5. The van der Waals surface area contributed by atoms with Crippen molar-refractivity contribution in [3.05, 3.63) is 21.5 Å². The first-order valence-corrected chi connectivity index (χ1v) is 11.3. The number of hydrazine groups is 1. The molecule has 126 valence electrons. The molecule has 0 unspecified atom stereocenters. The van der Waals surface area contributed by atoms with Gasteiger partial charge >= 0.3 is 0 Å². The molecule has 0 aliphatic rings. The fourth-order valence-electron chi connectivity index (χ4n) is 1.51. The Morgan fingerprint density at radius 2 is 1.70 bits per heavy atom. The summed E-state index contributed by atoms with van der Waals surface area (Å²) in [6.07, 6.45) is 1.33. The highest BCUT2D eigenvalue weighted by Gasteiger charge is 2.30. The Morgan fingerprint density at radius 3 is 2.17 bits per heavy atom. The largest absolute Gasteiger partial charge is 0.286 e. The van der Waals surface area contributed by atoms with Gasteiger partial charge in [0.25, 0.3) is 5.91 Å². The Labute approximate surface area is 141 Å². The zero-order valence-electron chi connectivity index (χ0n) is 12.2. The summed E-state index contributed by atoms with van der Waals surface area (Å²) in [6.45, 7) is 1.82. The van der Waals surface area contributed by atoms with E-state index in [0.29, 0.717) is 23.2 Å². The number of nitrogens with one attached hydrogen (secondary N) is 1. The third-order valence-corrected chi connectivity index (χ3v) is 7.02. The lowest BCUT2D eigenvalue weighted by atomic mass is 10.4. The number of hydrogen-bond acceptors (Lipinski definition) is 9. The first kappa shape index (κ1) is 17.9. The molecule has 0 radical (unpaired) electrons. The molecule has 2 heterocycles. The zero-order valence-corrected chi connectivity index (χ0v) is 15.4. The van der Waals surface area contributed by atoms with Crippen molar-refractivity contribution >= 4 is 48.6 Å². The van der Waals surface area contributed by atoms with Crippen LogP contribution >= 0.6 is 22.7 Å². The van der Waals surface area contributed by atoms with Gasteiger partial charge in [-0.25, -0.2) is 26.8 Å². The van der Waals surface area contributed by atoms with Gasteiger partial charge in [0.2, 0.25) is 20.0 Å². The van der Waals surface area contributed by atoms with E-state index in [1.165, 1.54) is 16.7 Å². The number of sulfonamides is 2. The lowest BCUT2D eigenvalue weighted by Gasteiger charge is -2.17. The molecule has 0 atom stereocenters. The molecule has 0 spiro atoms. The van der Waals surface area contributed by atoms with Crippen LogP contribution in [0.1, 0.15) is 15.5 Å². The molecule has 1 N–H and O–H groups in total. The van der Waals surface area contributed by atoms with E-state index >= 15 is 0 Å². The Balaban J connectivity index is 2.26. The van der Waals surface area contributed by atoms with Crippen LogP contribution in [-0.2, 0) is 20.0 Å². The molecule has 2 aromatic rings. The molecule has 0 aliphatic carbocycles. The standard InChI is InChI=1S/C10H12N4O5S4/c1-6-11-8(5-20-6)10-12-7(4-21-10)9(15)13-14(22(2,16)17)23(3,18)19/h4-5H,1-3H3,(H,13,15). The highest BCUT2D eigenvalue weighted by molar-refractivity contribution is 8.03. The van der Waals surface area contributed by atoms with Gasteiger partial charge in [-0.3, -0.25) is 10.2 Å². The quantitative estimate of drug-likeness (QED) is 0.727. The Kier molecular flexibility index (Phi) is 4.86. The van der Waals surface area contributed by atoms with Crippen molar-refractivity contribution in [2.45, 2.75) is 6.92 Å². The van der Waals surface area contributed by atoms with Crippen molar-refractivity contribution in [2.75, 3.05) is 12.5 Å². The van der Waals surface area contributed by atoms with Crippen LogP contribution < -0.4 is 5.43 Å². The second kappa shape index (κ2) is 6.24. The van der Waals surface area contributed by atoms with Crippen LogP contribution in [0.2, 0.25) is 0 Å². The van der Waals surface area contributed by atoms with Crippen molar-refractivity contribution in [2.24, 2.45) is 0 Å². The van der Waals surface area contributed by atoms with E-state index in [0.717, 1.165) is 16.3 Å². The van der Waals surface area contributed by atoms with Gasteiger partial charge in [0.05, 0.1) is 17.5 Å². The molecule has 2 rings (SSSR count). The fraction of sp³-hybridized carbons (Fsp3) is 0.300. The maximum Gasteiger partial charge on any atom is 0.286 e. The summed E-state index contributed by atoms with van der Waals surface area (Å²) in [5, 5.41) is 4.48. The SMILES string of the molecule is Cc1nc(-c2nc(C(=O)NN(S(C)(=O)=O)S(C)(=O)=O)cs2)cs1. The Morgan fingerprint density at radius 1 is 1.09 bits per heavy atom. The number of carbonyl (C=O) groups excluding carboxylic acids is 1. The van der Waals surface area contributed by atoms with Crippen molar-refractivity contribution in [1.82, 2.24) is 19.2 Å². The second-order valence-corrected chi connectivity index (χ2v) is 10.3. The molecule has 0 bridgehead atoms. The molecule has 1 amide bonds. The molecular weight excluding hydrogens is 384 g/mol. The summed E-state index contributed by atoms with van der Waals surface area (Å²) in [7, 11) is -8.38. The fourth-order valence-corrected chi connectivity index (χ4v) is 5.41. The van der Waals surface area contributed by atoms with E-state index in [-0.39, 0.29) is 9.51 Å². The van der Waals surface area contributed by atoms with Crippen LogP contribution in [0, 0.1) is 6.92 Å². The molecule has 0 aliphatic heterocycles. The number of thiazole rings is 2. The van der Waals surface area contributed by atoms with Gasteiger partial charge < -0.3 is 0 Å². The Hall–Kier alpha value is -1.41. The van der Waals surface area contributed by atoms with Crippen molar-refractivity contribution < 1.29 is 21.6 Å². The van der Waals surface area contributed by atoms with Crippen LogP contribution in [0.5, 0.6) is 0 Å². The Bertz CT molecular complexity index is 912. The predicted molar refractivity (Wildman–Crippen MR) is 87.0 cm³/mol. The van der Waals surface area contributed by atoms with Gasteiger partial charge in [-0.2, -0.15) is 0 Å². The third kappa shape index (κ3) is 4.32. The van der Waals surface area contributed by atoms with E-state index in [4.69, 9.17) is 0 Å². The minimum Gasteiger partial charge on any atom is -0.266 e. The van der Waals surface area contributed by atoms with Gasteiger partial charge in [0, 0.05) is 10.8 Å². The summed E-state index contributed by atoms with van der Waals surface area (Å²) < 4.78 is 45.8. The number of aryl methyl sites for hydroxylation is 1. The summed E-state index contributed by atoms with van der Waals surface area (Å²) in [6, 6.07) is 0. The van der Waals surface area contributed by atoms with E-state index in [9.17, 15) is 21.6 Å². The molecule has 2 aromatic heterocycles.